The van der Waals surface area contributed by atoms with Gasteiger partial charge in [-0.25, -0.2) is 0 Å². The molecule has 0 amide bonds. The summed E-state index contributed by atoms with van der Waals surface area (Å²) in [5.41, 5.74) is 1.64. The highest BCUT2D eigenvalue weighted by Crippen LogP contribution is 2.31. The van der Waals surface area contributed by atoms with Crippen LogP contribution in [0, 0.1) is 5.92 Å². The highest BCUT2D eigenvalue weighted by Gasteiger charge is 2.35. The summed E-state index contributed by atoms with van der Waals surface area (Å²) in [6.07, 6.45) is 7.56. The molecule has 3 atom stereocenters. The molecule has 1 saturated heterocycles. The molecule has 4 heteroatoms. The van der Waals surface area contributed by atoms with Crippen LogP contribution >= 0.6 is 0 Å². The molecule has 0 aromatic heterocycles. The quantitative estimate of drug-likeness (QED) is 0.664. The molecule has 0 aromatic rings. The van der Waals surface area contributed by atoms with Gasteiger partial charge in [0.25, 0.3) is 0 Å². The second-order valence-corrected chi connectivity index (χ2v) is 7.45. The Morgan fingerprint density at radius 2 is 2.17 bits per heavy atom. The summed E-state index contributed by atoms with van der Waals surface area (Å²) in [4.78, 5) is 12.1. The number of rotatable bonds is 8. The predicted molar refractivity (Wildman–Crippen MR) is 96.8 cm³/mol. The molecule has 2 N–H and O–H groups in total. The van der Waals surface area contributed by atoms with E-state index in [1.54, 1.807) is 6.08 Å². The predicted octanol–water partition coefficient (Wildman–Crippen LogP) is 3.57. The van der Waals surface area contributed by atoms with Gasteiger partial charge in [-0.15, -0.1) is 0 Å². The second kappa shape index (κ2) is 10.1. The number of ketones is 1. The summed E-state index contributed by atoms with van der Waals surface area (Å²) in [5, 5.41) is 19.4. The Kier molecular flexibility index (Phi) is 8.88. The van der Waals surface area contributed by atoms with E-state index in [0.29, 0.717) is 19.4 Å². The van der Waals surface area contributed by atoms with Crippen LogP contribution in [0.3, 0.4) is 0 Å². The molecule has 1 heterocycles. The maximum atomic E-state index is 12.1. The third kappa shape index (κ3) is 6.88. The Hall–Kier alpha value is -0.970. The fraction of sp³-hybridized carbons (Fsp3) is 0.750. The monoisotopic (exact) mass is 338 g/mol. The number of allylic oxidation sites excluding steroid dienone is 2. The number of hydrogen-bond donors (Lipinski definition) is 2. The van der Waals surface area contributed by atoms with Crippen molar-refractivity contribution in [3.8, 4) is 0 Å². The maximum absolute atomic E-state index is 12.1. The van der Waals surface area contributed by atoms with Crippen LogP contribution in [0.5, 0.6) is 0 Å². The molecule has 4 nitrogen and oxygen atoms in total. The zero-order valence-corrected chi connectivity index (χ0v) is 15.7. The Balaban J connectivity index is 2.48. The van der Waals surface area contributed by atoms with Gasteiger partial charge in [0.2, 0.25) is 0 Å². The van der Waals surface area contributed by atoms with Gasteiger partial charge < -0.3 is 14.9 Å². The lowest BCUT2D eigenvalue weighted by Crippen LogP contribution is -2.41. The minimum atomic E-state index is -0.576. The van der Waals surface area contributed by atoms with Gasteiger partial charge in [-0.2, -0.15) is 0 Å². The van der Waals surface area contributed by atoms with Crippen LogP contribution in [0.1, 0.15) is 66.2 Å². The van der Waals surface area contributed by atoms with Crippen molar-refractivity contribution in [2.24, 2.45) is 5.92 Å². The molecule has 0 radical (unpaired) electrons. The average molecular weight is 338 g/mol. The van der Waals surface area contributed by atoms with Gasteiger partial charge in [-0.3, -0.25) is 4.79 Å². The normalized spacial score (nSPS) is 27.6. The zero-order chi connectivity index (χ0) is 18.2. The van der Waals surface area contributed by atoms with Gasteiger partial charge in [-0.05, 0) is 58.4 Å². The summed E-state index contributed by atoms with van der Waals surface area (Å²) in [6, 6.07) is 0. The number of aliphatic hydroxyl groups is 2. The van der Waals surface area contributed by atoms with Crippen molar-refractivity contribution in [1.82, 2.24) is 0 Å². The van der Waals surface area contributed by atoms with Crippen molar-refractivity contribution in [3.63, 3.8) is 0 Å². The first-order valence-electron chi connectivity index (χ1n) is 9.05. The molecule has 1 fully saturated rings. The van der Waals surface area contributed by atoms with E-state index in [1.807, 2.05) is 33.8 Å². The average Bonchev–Trinajstić information content (AvgIpc) is 2.66. The molecule has 0 aliphatic carbocycles. The number of ether oxygens (including phenoxy) is 1. The van der Waals surface area contributed by atoms with Crippen molar-refractivity contribution >= 4 is 5.78 Å². The van der Waals surface area contributed by atoms with E-state index >= 15 is 0 Å². The highest BCUT2D eigenvalue weighted by atomic mass is 16.5. The molecule has 1 rings (SSSR count). The molecule has 0 saturated carbocycles. The van der Waals surface area contributed by atoms with Crippen LogP contribution < -0.4 is 0 Å². The van der Waals surface area contributed by atoms with Crippen molar-refractivity contribution in [3.05, 3.63) is 23.3 Å². The molecule has 2 unspecified atom stereocenters. The summed E-state index contributed by atoms with van der Waals surface area (Å²) in [5.74, 6) is 0.314. The van der Waals surface area contributed by atoms with Crippen LogP contribution in [0.15, 0.2) is 23.3 Å². The van der Waals surface area contributed by atoms with Gasteiger partial charge in [0.15, 0.2) is 0 Å². The Morgan fingerprint density at radius 1 is 1.46 bits per heavy atom. The lowest BCUT2D eigenvalue weighted by molar-refractivity contribution is -0.122. The van der Waals surface area contributed by atoms with Crippen molar-refractivity contribution < 1.29 is 19.7 Å². The lowest BCUT2D eigenvalue weighted by Gasteiger charge is -2.33. The van der Waals surface area contributed by atoms with E-state index in [1.165, 1.54) is 5.57 Å². The molecule has 0 bridgehead atoms. The third-order valence-electron chi connectivity index (χ3n) is 4.98. The van der Waals surface area contributed by atoms with Crippen LogP contribution in [-0.4, -0.2) is 40.9 Å². The molecular formula is C20H34O4. The first kappa shape index (κ1) is 21.1. The maximum Gasteiger partial charge on any atom is 0.139 e. The minimum Gasteiger partial charge on any atom is -0.392 e. The lowest BCUT2D eigenvalue weighted by atomic mass is 9.87. The van der Waals surface area contributed by atoms with E-state index in [2.05, 4.69) is 0 Å². The second-order valence-electron chi connectivity index (χ2n) is 7.45. The van der Waals surface area contributed by atoms with Crippen LogP contribution in [0.2, 0.25) is 0 Å². The standard InChI is InChI=1S/C20H34O4/c1-15(2)7-9-18(22)16(3)6-5-12-20(4)19(23)10-8-17(11-13-21)14-24-20/h7,11,16,19,21,23H,5-6,8-10,12-14H2,1-4H3/b17-11+/t16?,19-,20?/m0/s1. The first-order chi connectivity index (χ1) is 11.3. The SMILES string of the molecule is CC(C)=CCC(=O)C(C)CCCC1(C)OC/C(=C/CO)CC[C@@H]1O. The van der Waals surface area contributed by atoms with Gasteiger partial charge in [0.1, 0.15) is 5.78 Å². The Bertz CT molecular complexity index is 462. The fourth-order valence-corrected chi connectivity index (χ4v) is 3.01. The summed E-state index contributed by atoms with van der Waals surface area (Å²) in [6.45, 7) is 8.41. The number of carbonyl (C=O) groups is 1. The summed E-state index contributed by atoms with van der Waals surface area (Å²) in [7, 11) is 0. The first-order valence-corrected chi connectivity index (χ1v) is 9.05. The Morgan fingerprint density at radius 3 is 2.79 bits per heavy atom. The number of carbonyl (C=O) groups excluding carboxylic acids is 1. The van der Waals surface area contributed by atoms with E-state index in [4.69, 9.17) is 9.84 Å². The Labute approximate surface area is 146 Å². The van der Waals surface area contributed by atoms with Gasteiger partial charge in [0.05, 0.1) is 24.9 Å². The number of hydrogen-bond acceptors (Lipinski definition) is 4. The van der Waals surface area contributed by atoms with E-state index in [-0.39, 0.29) is 18.3 Å². The minimum absolute atomic E-state index is 0.0107. The molecule has 0 aromatic carbocycles. The van der Waals surface area contributed by atoms with Crippen molar-refractivity contribution in [1.29, 1.82) is 0 Å². The topological polar surface area (TPSA) is 66.8 Å². The molecule has 1 aliphatic heterocycles. The zero-order valence-electron chi connectivity index (χ0n) is 15.7. The number of Topliss-reactive ketones (excluding diaryl/α,β-unsaturated/α-hetero) is 1. The molecule has 1 aliphatic rings. The fourth-order valence-electron chi connectivity index (χ4n) is 3.01. The van der Waals surface area contributed by atoms with Crippen LogP contribution in [0.25, 0.3) is 0 Å². The smallest absolute Gasteiger partial charge is 0.139 e. The van der Waals surface area contributed by atoms with E-state index in [0.717, 1.165) is 31.3 Å². The van der Waals surface area contributed by atoms with E-state index in [9.17, 15) is 9.90 Å². The largest absolute Gasteiger partial charge is 0.392 e. The molecule has 138 valence electrons. The molecule has 0 spiro atoms. The highest BCUT2D eigenvalue weighted by molar-refractivity contribution is 5.82. The summed E-state index contributed by atoms with van der Waals surface area (Å²) < 4.78 is 5.97. The van der Waals surface area contributed by atoms with Crippen molar-refractivity contribution in [2.75, 3.05) is 13.2 Å². The van der Waals surface area contributed by atoms with E-state index < -0.39 is 11.7 Å². The third-order valence-corrected chi connectivity index (χ3v) is 4.98. The van der Waals surface area contributed by atoms with Gasteiger partial charge in [0, 0.05) is 12.3 Å². The molecular weight excluding hydrogens is 304 g/mol. The van der Waals surface area contributed by atoms with Gasteiger partial charge >= 0.3 is 0 Å². The summed E-state index contributed by atoms with van der Waals surface area (Å²) >= 11 is 0. The molecule has 24 heavy (non-hydrogen) atoms. The number of aliphatic hydroxyl groups excluding tert-OH is 2. The van der Waals surface area contributed by atoms with Crippen molar-refractivity contribution in [2.45, 2.75) is 77.9 Å². The van der Waals surface area contributed by atoms with Crippen LogP contribution in [-0.2, 0) is 9.53 Å². The van der Waals surface area contributed by atoms with Gasteiger partial charge in [-0.1, -0.05) is 24.6 Å². The van der Waals surface area contributed by atoms with Crippen LogP contribution in [0.4, 0.5) is 0 Å².